The second kappa shape index (κ2) is 5.95. The molecule has 1 saturated heterocycles. The van der Waals surface area contributed by atoms with Crippen molar-refractivity contribution in [1.82, 2.24) is 9.88 Å². The van der Waals surface area contributed by atoms with Crippen molar-refractivity contribution in [3.8, 4) is 0 Å². The fourth-order valence-corrected chi connectivity index (χ4v) is 4.31. The number of nitrogens with zero attached hydrogens (tertiary/aromatic N) is 1. The number of hydrogen-bond acceptors (Lipinski definition) is 3. The molecular weight excluding hydrogens is 308 g/mol. The minimum absolute atomic E-state index is 0.394. The Morgan fingerprint density at radius 1 is 1.35 bits per heavy atom. The molecule has 4 nitrogen and oxygen atoms in total. The Hall–Kier alpha value is -1.33. The molecule has 23 heavy (non-hydrogen) atoms. The number of sulfone groups is 1. The van der Waals surface area contributed by atoms with E-state index in [9.17, 15) is 8.42 Å². The zero-order valence-electron chi connectivity index (χ0n) is 14.4. The van der Waals surface area contributed by atoms with Crippen LogP contribution in [-0.2, 0) is 16.3 Å². The lowest BCUT2D eigenvalue weighted by atomic mass is 9.96. The highest BCUT2D eigenvalue weighted by Gasteiger charge is 2.25. The highest BCUT2D eigenvalue weighted by Crippen LogP contribution is 2.32. The van der Waals surface area contributed by atoms with E-state index >= 15 is 0 Å². The summed E-state index contributed by atoms with van der Waals surface area (Å²) in [6.45, 7) is 5.52. The second-order valence-corrected chi connectivity index (χ2v) is 9.15. The predicted octanol–water partition coefficient (Wildman–Crippen LogP) is 3.33. The fourth-order valence-electron chi connectivity index (χ4n) is 3.66. The van der Waals surface area contributed by atoms with Gasteiger partial charge in [-0.2, -0.15) is 0 Å². The van der Waals surface area contributed by atoms with Gasteiger partial charge in [0.15, 0.2) is 9.84 Å². The van der Waals surface area contributed by atoms with Crippen LogP contribution >= 0.6 is 0 Å². The van der Waals surface area contributed by atoms with Crippen LogP contribution in [0.3, 0.4) is 0 Å². The minimum atomic E-state index is -3.18. The summed E-state index contributed by atoms with van der Waals surface area (Å²) >= 11 is 0. The van der Waals surface area contributed by atoms with Gasteiger partial charge >= 0.3 is 0 Å². The summed E-state index contributed by atoms with van der Waals surface area (Å²) in [5.41, 5.74) is 3.57. The molecule has 0 unspecified atom stereocenters. The van der Waals surface area contributed by atoms with Gasteiger partial charge < -0.3 is 9.88 Å². The molecule has 0 bridgehead atoms. The third-order valence-corrected chi connectivity index (χ3v) is 6.14. The zero-order valence-corrected chi connectivity index (χ0v) is 15.2. The van der Waals surface area contributed by atoms with E-state index in [-0.39, 0.29) is 0 Å². The summed E-state index contributed by atoms with van der Waals surface area (Å²) in [4.78, 5) is 6.34. The number of fused-ring (bicyclic) bond motifs is 1. The van der Waals surface area contributed by atoms with Crippen molar-refractivity contribution in [2.75, 3.05) is 19.8 Å². The number of nitrogens with one attached hydrogen (secondary N) is 1. The molecule has 1 atom stereocenters. The molecule has 1 fully saturated rings. The van der Waals surface area contributed by atoms with Crippen LogP contribution in [0.15, 0.2) is 23.1 Å². The van der Waals surface area contributed by atoms with Crippen molar-refractivity contribution in [1.29, 1.82) is 0 Å². The summed E-state index contributed by atoms with van der Waals surface area (Å²) in [5.74, 6) is 0.394. The van der Waals surface area contributed by atoms with E-state index in [4.69, 9.17) is 0 Å². The first kappa shape index (κ1) is 16.5. The number of hydrogen-bond donors (Lipinski definition) is 1. The molecule has 1 N–H and O–H groups in total. The average Bonchev–Trinajstić information content (AvgIpc) is 3.03. The van der Waals surface area contributed by atoms with Gasteiger partial charge in [-0.05, 0) is 62.5 Å². The lowest BCUT2D eigenvalue weighted by Crippen LogP contribution is -2.27. The quantitative estimate of drug-likeness (QED) is 0.933. The van der Waals surface area contributed by atoms with E-state index in [0.717, 1.165) is 23.9 Å². The summed E-state index contributed by atoms with van der Waals surface area (Å²) in [7, 11) is -1.00. The lowest BCUT2D eigenvalue weighted by Gasteiger charge is -2.20. The average molecular weight is 334 g/mol. The van der Waals surface area contributed by atoms with Crippen molar-refractivity contribution in [3.63, 3.8) is 0 Å². The normalized spacial score (nSPS) is 20.0. The molecule has 5 heteroatoms. The van der Waals surface area contributed by atoms with Gasteiger partial charge in [0.2, 0.25) is 0 Å². The Labute approximate surface area is 138 Å². The third-order valence-electron chi connectivity index (χ3n) is 5.03. The van der Waals surface area contributed by atoms with Crippen LogP contribution in [0.4, 0.5) is 0 Å². The molecule has 0 amide bonds. The van der Waals surface area contributed by atoms with E-state index in [1.807, 2.05) is 12.1 Å². The maximum atomic E-state index is 11.9. The molecule has 1 aliphatic rings. The Morgan fingerprint density at radius 3 is 2.65 bits per heavy atom. The SMILES string of the molecule is CC(C)c1[nH]c2ccc(S(C)(=O)=O)cc2c1C[C@H]1CCCN1C. The number of likely N-dealkylation sites (tertiary alicyclic amines) is 1. The molecule has 2 heterocycles. The summed E-state index contributed by atoms with van der Waals surface area (Å²) in [6.07, 6.45) is 4.72. The standard InChI is InChI=1S/C18H26N2O2S/c1-12(2)18-16(10-13-6-5-9-20(13)3)15-11-14(23(4,21)22)7-8-17(15)19-18/h7-8,11-13,19H,5-6,9-10H2,1-4H3/t13-/m1/s1. The smallest absolute Gasteiger partial charge is 0.175 e. The van der Waals surface area contributed by atoms with Crippen LogP contribution in [0.1, 0.15) is 43.9 Å². The molecule has 2 aromatic rings. The number of benzene rings is 1. The number of likely N-dealkylation sites (N-methyl/N-ethyl adjacent to an activating group) is 1. The van der Waals surface area contributed by atoms with E-state index < -0.39 is 9.84 Å². The molecule has 0 aliphatic carbocycles. The summed E-state index contributed by atoms with van der Waals surface area (Å²) < 4.78 is 23.8. The first-order valence-electron chi connectivity index (χ1n) is 8.32. The Morgan fingerprint density at radius 2 is 2.09 bits per heavy atom. The van der Waals surface area contributed by atoms with E-state index in [0.29, 0.717) is 16.9 Å². The van der Waals surface area contributed by atoms with Crippen molar-refractivity contribution < 1.29 is 8.42 Å². The minimum Gasteiger partial charge on any atom is -0.358 e. The molecular formula is C18H26N2O2S. The van der Waals surface area contributed by atoms with Crippen LogP contribution in [0, 0.1) is 0 Å². The maximum Gasteiger partial charge on any atom is 0.175 e. The van der Waals surface area contributed by atoms with Gasteiger partial charge in [0.1, 0.15) is 0 Å². The van der Waals surface area contributed by atoms with Crippen LogP contribution in [0.5, 0.6) is 0 Å². The number of H-pyrrole nitrogens is 1. The van der Waals surface area contributed by atoms with Crippen LogP contribution < -0.4 is 0 Å². The Balaban J connectivity index is 2.13. The summed E-state index contributed by atoms with van der Waals surface area (Å²) in [6, 6.07) is 5.99. The van der Waals surface area contributed by atoms with Crippen LogP contribution in [0.2, 0.25) is 0 Å². The summed E-state index contributed by atoms with van der Waals surface area (Å²) in [5, 5.41) is 1.07. The number of rotatable bonds is 4. The molecule has 1 aromatic carbocycles. The molecule has 0 radical (unpaired) electrons. The van der Waals surface area contributed by atoms with Crippen LogP contribution in [-0.4, -0.2) is 44.2 Å². The molecule has 3 rings (SSSR count). The van der Waals surface area contributed by atoms with Crippen molar-refractivity contribution >= 4 is 20.7 Å². The predicted molar refractivity (Wildman–Crippen MR) is 94.9 cm³/mol. The van der Waals surface area contributed by atoms with Gasteiger partial charge in [-0.1, -0.05) is 13.8 Å². The lowest BCUT2D eigenvalue weighted by molar-refractivity contribution is 0.309. The molecule has 1 aromatic heterocycles. The molecule has 0 saturated carbocycles. The number of aromatic amines is 1. The molecule has 126 valence electrons. The van der Waals surface area contributed by atoms with E-state index in [1.165, 1.54) is 30.4 Å². The van der Waals surface area contributed by atoms with Gasteiger partial charge in [-0.3, -0.25) is 0 Å². The van der Waals surface area contributed by atoms with Gasteiger partial charge in [0.25, 0.3) is 0 Å². The van der Waals surface area contributed by atoms with Gasteiger partial charge in [-0.25, -0.2) is 8.42 Å². The maximum absolute atomic E-state index is 11.9. The zero-order chi connectivity index (χ0) is 16.8. The largest absolute Gasteiger partial charge is 0.358 e. The third kappa shape index (κ3) is 3.17. The van der Waals surface area contributed by atoms with Gasteiger partial charge in [0.05, 0.1) is 4.90 Å². The highest BCUT2D eigenvalue weighted by molar-refractivity contribution is 7.90. The van der Waals surface area contributed by atoms with Gasteiger partial charge in [-0.15, -0.1) is 0 Å². The van der Waals surface area contributed by atoms with Crippen molar-refractivity contribution in [2.24, 2.45) is 0 Å². The van der Waals surface area contributed by atoms with Crippen LogP contribution in [0.25, 0.3) is 10.9 Å². The highest BCUT2D eigenvalue weighted by atomic mass is 32.2. The Bertz CT molecular complexity index is 821. The molecule has 1 aliphatic heterocycles. The fraction of sp³-hybridized carbons (Fsp3) is 0.556. The first-order valence-corrected chi connectivity index (χ1v) is 10.2. The topological polar surface area (TPSA) is 53.2 Å². The second-order valence-electron chi connectivity index (χ2n) is 7.13. The van der Waals surface area contributed by atoms with Crippen molar-refractivity contribution in [3.05, 3.63) is 29.5 Å². The Kier molecular flexibility index (Phi) is 4.27. The molecule has 0 spiro atoms. The van der Waals surface area contributed by atoms with Gasteiger partial charge in [0, 0.05) is 28.9 Å². The van der Waals surface area contributed by atoms with E-state index in [2.05, 4.69) is 30.8 Å². The van der Waals surface area contributed by atoms with E-state index in [1.54, 1.807) is 6.07 Å². The number of aromatic nitrogens is 1. The monoisotopic (exact) mass is 334 g/mol. The van der Waals surface area contributed by atoms with Crippen molar-refractivity contribution in [2.45, 2.75) is 50.0 Å². The first-order chi connectivity index (χ1) is 10.8.